The number of anilines is 2. The van der Waals surface area contributed by atoms with Gasteiger partial charge in [0.2, 0.25) is 11.8 Å². The maximum Gasteiger partial charge on any atom is 0.251 e. The summed E-state index contributed by atoms with van der Waals surface area (Å²) >= 11 is 13.5. The Morgan fingerprint density at radius 2 is 1.87 bits per heavy atom. The standard InChI is InChI=1S/C20H22Cl2N4O3S/c1-10(26(2)9-15(27)24-17-12(21)6-4-7-13(17)22)19(29)25-20-16(18(23)28)11-5-3-8-14(11)30-20/h4,6-7,10H,3,5,8-9H2,1-2H3,(H2,23,28)(H,24,27)(H,25,29). The van der Waals surface area contributed by atoms with Crippen molar-refractivity contribution in [2.24, 2.45) is 5.73 Å². The monoisotopic (exact) mass is 468 g/mol. The molecule has 1 atom stereocenters. The van der Waals surface area contributed by atoms with Gasteiger partial charge in [0.05, 0.1) is 33.9 Å². The van der Waals surface area contributed by atoms with Gasteiger partial charge in [-0.05, 0) is 50.9 Å². The Bertz CT molecular complexity index is 988. The van der Waals surface area contributed by atoms with Crippen LogP contribution in [0.3, 0.4) is 0 Å². The summed E-state index contributed by atoms with van der Waals surface area (Å²) in [6.45, 7) is 1.62. The molecule has 0 saturated heterocycles. The Morgan fingerprint density at radius 1 is 1.20 bits per heavy atom. The first-order valence-electron chi connectivity index (χ1n) is 9.38. The summed E-state index contributed by atoms with van der Waals surface area (Å²) in [4.78, 5) is 39.7. The number of hydrogen-bond donors (Lipinski definition) is 3. The number of benzene rings is 1. The molecule has 3 amide bonds. The van der Waals surface area contributed by atoms with E-state index < -0.39 is 11.9 Å². The number of nitrogens with two attached hydrogens (primary N) is 1. The van der Waals surface area contributed by atoms with Crippen LogP contribution in [-0.4, -0.2) is 42.3 Å². The Hall–Kier alpha value is -2.13. The molecule has 0 bridgehead atoms. The molecular weight excluding hydrogens is 447 g/mol. The highest BCUT2D eigenvalue weighted by molar-refractivity contribution is 7.17. The van der Waals surface area contributed by atoms with Gasteiger partial charge in [0.1, 0.15) is 5.00 Å². The Morgan fingerprint density at radius 3 is 2.50 bits per heavy atom. The van der Waals surface area contributed by atoms with Gasteiger partial charge in [-0.1, -0.05) is 29.3 Å². The number of likely N-dealkylation sites (N-methyl/N-ethyl adjacent to an activating group) is 1. The van der Waals surface area contributed by atoms with E-state index in [0.717, 1.165) is 29.7 Å². The van der Waals surface area contributed by atoms with Crippen molar-refractivity contribution >= 4 is 62.9 Å². The third-order valence-corrected chi connectivity index (χ3v) is 6.90. The van der Waals surface area contributed by atoms with Crippen LogP contribution in [-0.2, 0) is 22.4 Å². The maximum absolute atomic E-state index is 12.7. The van der Waals surface area contributed by atoms with Gasteiger partial charge in [0.15, 0.2) is 0 Å². The predicted molar refractivity (Wildman–Crippen MR) is 121 cm³/mol. The van der Waals surface area contributed by atoms with Crippen LogP contribution in [0.1, 0.15) is 34.1 Å². The molecular formula is C20H22Cl2N4O3S. The average molecular weight is 469 g/mol. The fourth-order valence-electron chi connectivity index (χ4n) is 3.33. The molecule has 1 aromatic heterocycles. The number of primary amides is 1. The van der Waals surface area contributed by atoms with Gasteiger partial charge in [-0.15, -0.1) is 11.3 Å². The normalized spacial score (nSPS) is 13.8. The van der Waals surface area contributed by atoms with E-state index in [9.17, 15) is 14.4 Å². The average Bonchev–Trinajstić information content (AvgIpc) is 3.24. The van der Waals surface area contributed by atoms with Crippen LogP contribution < -0.4 is 16.4 Å². The molecule has 160 valence electrons. The van der Waals surface area contributed by atoms with E-state index in [0.29, 0.717) is 26.3 Å². The Labute approximate surface area is 188 Å². The molecule has 1 unspecified atom stereocenters. The molecule has 1 aromatic carbocycles. The summed E-state index contributed by atoms with van der Waals surface area (Å²) in [7, 11) is 1.65. The summed E-state index contributed by atoms with van der Waals surface area (Å²) < 4.78 is 0. The van der Waals surface area contributed by atoms with Crippen molar-refractivity contribution in [1.29, 1.82) is 0 Å². The van der Waals surface area contributed by atoms with Crippen LogP contribution in [0.2, 0.25) is 10.0 Å². The van der Waals surface area contributed by atoms with E-state index in [1.807, 2.05) is 0 Å². The number of nitrogens with one attached hydrogen (secondary N) is 2. The van der Waals surface area contributed by atoms with Crippen molar-refractivity contribution in [1.82, 2.24) is 4.90 Å². The van der Waals surface area contributed by atoms with Crippen molar-refractivity contribution in [3.05, 3.63) is 44.2 Å². The first-order valence-corrected chi connectivity index (χ1v) is 11.0. The number of fused-ring (bicyclic) bond motifs is 1. The highest BCUT2D eigenvalue weighted by Crippen LogP contribution is 2.39. The summed E-state index contributed by atoms with van der Waals surface area (Å²) in [6, 6.07) is 4.30. The molecule has 0 aliphatic heterocycles. The van der Waals surface area contributed by atoms with Gasteiger partial charge in [0.25, 0.3) is 5.91 Å². The molecule has 4 N–H and O–H groups in total. The minimum atomic E-state index is -0.630. The predicted octanol–water partition coefficient (Wildman–Crippen LogP) is 3.54. The molecule has 0 saturated carbocycles. The molecule has 10 heteroatoms. The third-order valence-electron chi connectivity index (χ3n) is 5.07. The maximum atomic E-state index is 12.7. The summed E-state index contributed by atoms with van der Waals surface area (Å²) in [6.07, 6.45) is 2.66. The van der Waals surface area contributed by atoms with Gasteiger partial charge in [-0.25, -0.2) is 0 Å². The third kappa shape index (κ3) is 4.78. The van der Waals surface area contributed by atoms with Crippen molar-refractivity contribution in [2.75, 3.05) is 24.2 Å². The van der Waals surface area contributed by atoms with Gasteiger partial charge >= 0.3 is 0 Å². The second-order valence-electron chi connectivity index (χ2n) is 7.15. The zero-order valence-corrected chi connectivity index (χ0v) is 18.9. The van der Waals surface area contributed by atoms with Crippen LogP contribution in [0, 0.1) is 0 Å². The number of thiophene rings is 1. The second kappa shape index (κ2) is 9.34. The minimum absolute atomic E-state index is 0.0558. The molecule has 0 fully saturated rings. The van der Waals surface area contributed by atoms with Gasteiger partial charge in [0, 0.05) is 4.88 Å². The highest BCUT2D eigenvalue weighted by atomic mass is 35.5. The van der Waals surface area contributed by atoms with Gasteiger partial charge in [-0.3, -0.25) is 19.3 Å². The van der Waals surface area contributed by atoms with Crippen LogP contribution in [0.5, 0.6) is 0 Å². The van der Waals surface area contributed by atoms with Crippen molar-refractivity contribution in [3.63, 3.8) is 0 Å². The zero-order chi connectivity index (χ0) is 22.0. The summed E-state index contributed by atoms with van der Waals surface area (Å²) in [5, 5.41) is 6.61. The molecule has 0 spiro atoms. The number of hydrogen-bond acceptors (Lipinski definition) is 5. The van der Waals surface area contributed by atoms with E-state index >= 15 is 0 Å². The lowest BCUT2D eigenvalue weighted by Gasteiger charge is -2.23. The summed E-state index contributed by atoms with van der Waals surface area (Å²) in [5.74, 6) is -1.23. The molecule has 2 aromatic rings. The zero-order valence-electron chi connectivity index (χ0n) is 16.6. The van der Waals surface area contributed by atoms with Crippen LogP contribution in [0.15, 0.2) is 18.2 Å². The minimum Gasteiger partial charge on any atom is -0.365 e. The van der Waals surface area contributed by atoms with Gasteiger partial charge < -0.3 is 16.4 Å². The van der Waals surface area contributed by atoms with Crippen molar-refractivity contribution in [2.45, 2.75) is 32.2 Å². The first kappa shape index (κ1) is 22.6. The number of carbonyl (C=O) groups is 3. The lowest BCUT2D eigenvalue weighted by Crippen LogP contribution is -2.43. The SMILES string of the molecule is CC(C(=O)Nc1sc2c(c1C(N)=O)CCC2)N(C)CC(=O)Nc1c(Cl)cccc1Cl. The topological polar surface area (TPSA) is 105 Å². The van der Waals surface area contributed by atoms with Gasteiger partial charge in [-0.2, -0.15) is 0 Å². The van der Waals surface area contributed by atoms with E-state index in [1.54, 1.807) is 37.1 Å². The van der Waals surface area contributed by atoms with Crippen LogP contribution in [0.4, 0.5) is 10.7 Å². The fraction of sp³-hybridized carbons (Fsp3) is 0.350. The first-order chi connectivity index (χ1) is 14.2. The second-order valence-corrected chi connectivity index (χ2v) is 9.07. The lowest BCUT2D eigenvalue weighted by atomic mass is 10.1. The molecule has 30 heavy (non-hydrogen) atoms. The molecule has 1 heterocycles. The Balaban J connectivity index is 1.64. The number of amides is 3. The Kier molecular flexibility index (Phi) is 7.02. The molecule has 3 rings (SSSR count). The highest BCUT2D eigenvalue weighted by Gasteiger charge is 2.28. The largest absolute Gasteiger partial charge is 0.365 e. The van der Waals surface area contributed by atoms with E-state index in [-0.39, 0.29) is 18.4 Å². The lowest BCUT2D eigenvalue weighted by molar-refractivity contribution is -0.122. The van der Waals surface area contributed by atoms with Crippen LogP contribution in [0.25, 0.3) is 0 Å². The van der Waals surface area contributed by atoms with Crippen molar-refractivity contribution in [3.8, 4) is 0 Å². The fourth-order valence-corrected chi connectivity index (χ4v) is 5.12. The quantitative estimate of drug-likeness (QED) is 0.577. The number of nitrogens with zero attached hydrogens (tertiary/aromatic N) is 1. The van der Waals surface area contributed by atoms with E-state index in [2.05, 4.69) is 10.6 Å². The molecule has 0 radical (unpaired) electrons. The molecule has 1 aliphatic carbocycles. The summed E-state index contributed by atoms with van der Waals surface area (Å²) in [5.41, 5.74) is 7.22. The van der Waals surface area contributed by atoms with Crippen molar-refractivity contribution < 1.29 is 14.4 Å². The molecule has 7 nitrogen and oxygen atoms in total. The number of aryl methyl sites for hydroxylation is 1. The van der Waals surface area contributed by atoms with E-state index in [4.69, 9.17) is 28.9 Å². The van der Waals surface area contributed by atoms with Crippen LogP contribution >= 0.6 is 34.5 Å². The number of para-hydroxylation sites is 1. The number of carbonyl (C=O) groups excluding carboxylic acids is 3. The number of halogens is 2. The smallest absolute Gasteiger partial charge is 0.251 e. The van der Waals surface area contributed by atoms with E-state index in [1.165, 1.54) is 11.3 Å². The molecule has 1 aliphatic rings. The number of rotatable bonds is 7.